The number of hydrogen-bond acceptors (Lipinski definition) is 5. The molecule has 9 heteroatoms. The Bertz CT molecular complexity index is 948. The van der Waals surface area contributed by atoms with Crippen LogP contribution in [-0.4, -0.2) is 21.9 Å². The summed E-state index contributed by atoms with van der Waals surface area (Å²) in [5, 5.41) is 11.4. The molecule has 0 bridgehead atoms. The lowest BCUT2D eigenvalue weighted by Gasteiger charge is -2.10. The number of thioether (sulfide) groups is 1. The Morgan fingerprint density at radius 3 is 2.65 bits per heavy atom. The maximum Gasteiger partial charge on any atom is 0.277 e. The molecule has 0 unspecified atom stereocenters. The highest BCUT2D eigenvalue weighted by Gasteiger charge is 2.14. The van der Waals surface area contributed by atoms with E-state index < -0.39 is 0 Å². The number of carbonyl (C=O) groups is 1. The minimum atomic E-state index is -0.354. The van der Waals surface area contributed by atoms with Crippen molar-refractivity contribution in [3.05, 3.63) is 57.8 Å². The van der Waals surface area contributed by atoms with E-state index in [1.54, 1.807) is 12.1 Å². The van der Waals surface area contributed by atoms with Crippen LogP contribution in [0, 0.1) is 12.7 Å². The van der Waals surface area contributed by atoms with Crippen molar-refractivity contribution < 1.29 is 13.6 Å². The van der Waals surface area contributed by atoms with E-state index in [2.05, 4.69) is 15.5 Å². The molecule has 0 spiro atoms. The lowest BCUT2D eigenvalue weighted by atomic mass is 10.2. The van der Waals surface area contributed by atoms with E-state index in [4.69, 9.17) is 27.6 Å². The van der Waals surface area contributed by atoms with Gasteiger partial charge in [0.1, 0.15) is 5.82 Å². The Morgan fingerprint density at radius 1 is 1.19 bits per heavy atom. The van der Waals surface area contributed by atoms with Crippen LogP contribution in [0.2, 0.25) is 10.0 Å². The molecule has 0 aliphatic carbocycles. The highest BCUT2D eigenvalue weighted by Crippen LogP contribution is 2.33. The Kier molecular flexibility index (Phi) is 5.80. The van der Waals surface area contributed by atoms with Gasteiger partial charge in [0.2, 0.25) is 11.8 Å². The van der Waals surface area contributed by atoms with E-state index in [-0.39, 0.29) is 28.6 Å². The Morgan fingerprint density at radius 2 is 1.92 bits per heavy atom. The van der Waals surface area contributed by atoms with Gasteiger partial charge in [0.15, 0.2) is 0 Å². The Labute approximate surface area is 162 Å². The molecule has 5 nitrogen and oxygen atoms in total. The number of aromatic nitrogens is 2. The lowest BCUT2D eigenvalue weighted by molar-refractivity contribution is -0.113. The van der Waals surface area contributed by atoms with Gasteiger partial charge in [-0.1, -0.05) is 41.0 Å². The van der Waals surface area contributed by atoms with Crippen molar-refractivity contribution in [1.29, 1.82) is 0 Å². The molecule has 0 saturated heterocycles. The van der Waals surface area contributed by atoms with E-state index in [9.17, 15) is 9.18 Å². The number of carbonyl (C=O) groups excluding carboxylic acids is 1. The quantitative estimate of drug-likeness (QED) is 0.582. The summed E-state index contributed by atoms with van der Waals surface area (Å²) in [6.07, 6.45) is 0. The van der Waals surface area contributed by atoms with Crippen LogP contribution in [0.3, 0.4) is 0 Å². The molecule has 0 aliphatic heterocycles. The monoisotopic (exact) mass is 411 g/mol. The van der Waals surface area contributed by atoms with Gasteiger partial charge in [-0.05, 0) is 42.8 Å². The molecule has 26 heavy (non-hydrogen) atoms. The third kappa shape index (κ3) is 4.35. The molecule has 1 amide bonds. The summed E-state index contributed by atoms with van der Waals surface area (Å²) in [4.78, 5) is 12.1. The number of nitrogens with zero attached hydrogens (tertiary/aromatic N) is 2. The van der Waals surface area contributed by atoms with Crippen molar-refractivity contribution in [3.63, 3.8) is 0 Å². The second kappa shape index (κ2) is 8.07. The van der Waals surface area contributed by atoms with Crippen LogP contribution < -0.4 is 5.32 Å². The SMILES string of the molecule is Cc1ccc(Cl)c(NC(=O)CSc2nnc(-c3ccc(F)cc3)o2)c1Cl. The average molecular weight is 412 g/mol. The Hall–Kier alpha value is -2.09. The van der Waals surface area contributed by atoms with Gasteiger partial charge in [0.05, 0.1) is 21.5 Å². The topological polar surface area (TPSA) is 68.0 Å². The molecule has 1 N–H and O–H groups in total. The second-order valence-electron chi connectivity index (χ2n) is 5.27. The highest BCUT2D eigenvalue weighted by atomic mass is 35.5. The summed E-state index contributed by atoms with van der Waals surface area (Å²) in [5.74, 6) is -0.386. The fourth-order valence-electron chi connectivity index (χ4n) is 2.05. The predicted molar refractivity (Wildman–Crippen MR) is 100 cm³/mol. The van der Waals surface area contributed by atoms with E-state index >= 15 is 0 Å². The molecule has 0 atom stereocenters. The molecule has 134 valence electrons. The number of halogens is 3. The summed E-state index contributed by atoms with van der Waals surface area (Å²) < 4.78 is 18.4. The van der Waals surface area contributed by atoms with E-state index in [0.29, 0.717) is 21.3 Å². The standard InChI is InChI=1S/C17H12Cl2FN3O2S/c1-9-2-7-12(18)15(14(9)19)21-13(24)8-26-17-23-22-16(25-17)10-3-5-11(20)6-4-10/h2-7H,8H2,1H3,(H,21,24). The van der Waals surface area contributed by atoms with Gasteiger partial charge in [-0.3, -0.25) is 4.79 Å². The summed E-state index contributed by atoms with van der Waals surface area (Å²) in [6, 6.07) is 9.10. The van der Waals surface area contributed by atoms with Gasteiger partial charge in [-0.2, -0.15) is 0 Å². The Balaban J connectivity index is 1.62. The van der Waals surface area contributed by atoms with Crippen LogP contribution >= 0.6 is 35.0 Å². The zero-order valence-electron chi connectivity index (χ0n) is 13.4. The summed E-state index contributed by atoms with van der Waals surface area (Å²) in [5.41, 5.74) is 1.77. The molecule has 2 aromatic carbocycles. The van der Waals surface area contributed by atoms with Crippen LogP contribution in [0.4, 0.5) is 10.1 Å². The van der Waals surface area contributed by atoms with E-state index in [1.807, 2.05) is 6.92 Å². The number of rotatable bonds is 5. The molecule has 1 heterocycles. The highest BCUT2D eigenvalue weighted by molar-refractivity contribution is 7.99. The van der Waals surface area contributed by atoms with Crippen LogP contribution in [0.1, 0.15) is 5.56 Å². The third-order valence-electron chi connectivity index (χ3n) is 3.37. The molecular weight excluding hydrogens is 400 g/mol. The number of nitrogens with one attached hydrogen (secondary N) is 1. The van der Waals surface area contributed by atoms with Crippen molar-refractivity contribution in [2.75, 3.05) is 11.1 Å². The van der Waals surface area contributed by atoms with Crippen LogP contribution in [-0.2, 0) is 4.79 Å². The molecular formula is C17H12Cl2FN3O2S. The summed E-state index contributed by atoms with van der Waals surface area (Å²) >= 11 is 13.3. The zero-order valence-corrected chi connectivity index (χ0v) is 15.8. The van der Waals surface area contributed by atoms with Crippen molar-refractivity contribution in [2.45, 2.75) is 12.1 Å². The second-order valence-corrected chi connectivity index (χ2v) is 6.98. The fraction of sp³-hybridized carbons (Fsp3) is 0.118. The van der Waals surface area contributed by atoms with Crippen LogP contribution in [0.15, 0.2) is 46.0 Å². The van der Waals surface area contributed by atoms with E-state index in [0.717, 1.165) is 17.3 Å². The van der Waals surface area contributed by atoms with Gasteiger partial charge in [0.25, 0.3) is 5.22 Å². The van der Waals surface area contributed by atoms with Crippen molar-refractivity contribution in [2.24, 2.45) is 0 Å². The number of benzene rings is 2. The minimum absolute atomic E-state index is 0.0334. The fourth-order valence-corrected chi connectivity index (χ4v) is 3.08. The van der Waals surface area contributed by atoms with Crippen LogP contribution in [0.5, 0.6) is 0 Å². The number of aryl methyl sites for hydroxylation is 1. The smallest absolute Gasteiger partial charge is 0.277 e. The molecule has 0 fully saturated rings. The normalized spacial score (nSPS) is 10.8. The molecule has 3 aromatic rings. The van der Waals surface area contributed by atoms with E-state index in [1.165, 1.54) is 24.3 Å². The van der Waals surface area contributed by atoms with Crippen LogP contribution in [0.25, 0.3) is 11.5 Å². The first kappa shape index (κ1) is 18.7. The average Bonchev–Trinajstić information content (AvgIpc) is 3.10. The minimum Gasteiger partial charge on any atom is -0.411 e. The van der Waals surface area contributed by atoms with Crippen molar-refractivity contribution >= 4 is 46.6 Å². The number of hydrogen-bond donors (Lipinski definition) is 1. The largest absolute Gasteiger partial charge is 0.411 e. The third-order valence-corrected chi connectivity index (χ3v) is 4.99. The van der Waals surface area contributed by atoms with Gasteiger partial charge in [-0.15, -0.1) is 10.2 Å². The van der Waals surface area contributed by atoms with Gasteiger partial charge in [0, 0.05) is 5.56 Å². The van der Waals surface area contributed by atoms with Crippen molar-refractivity contribution in [1.82, 2.24) is 10.2 Å². The molecule has 3 rings (SSSR count). The lowest BCUT2D eigenvalue weighted by Crippen LogP contribution is -2.15. The summed E-state index contributed by atoms with van der Waals surface area (Å²) in [6.45, 7) is 1.82. The maximum absolute atomic E-state index is 12.9. The van der Waals surface area contributed by atoms with Gasteiger partial charge >= 0.3 is 0 Å². The first-order valence-electron chi connectivity index (χ1n) is 7.40. The molecule has 0 aliphatic rings. The molecule has 0 saturated carbocycles. The first-order valence-corrected chi connectivity index (χ1v) is 9.15. The van der Waals surface area contributed by atoms with Gasteiger partial charge < -0.3 is 9.73 Å². The van der Waals surface area contributed by atoms with Crippen molar-refractivity contribution in [3.8, 4) is 11.5 Å². The summed E-state index contributed by atoms with van der Waals surface area (Å²) in [7, 11) is 0. The number of anilines is 1. The molecule has 1 aromatic heterocycles. The predicted octanol–water partition coefficient (Wildman–Crippen LogP) is 5.22. The maximum atomic E-state index is 12.9. The zero-order chi connectivity index (χ0) is 18.7. The molecule has 0 radical (unpaired) electrons. The number of amides is 1. The first-order chi connectivity index (χ1) is 12.4. The van der Waals surface area contributed by atoms with Gasteiger partial charge in [-0.25, -0.2) is 4.39 Å².